The molecule has 4 aliphatic heterocycles. The van der Waals surface area contributed by atoms with E-state index >= 15 is 0 Å². The Kier molecular flexibility index (Phi) is 16.1. The van der Waals surface area contributed by atoms with Gasteiger partial charge in [0.25, 0.3) is 0 Å². The fourth-order valence-corrected chi connectivity index (χ4v) is 16.3. The molecule has 6 amide bonds. The molecule has 6 aliphatic rings. The molecule has 14 atom stereocenters. The Hall–Kier alpha value is -5.08. The van der Waals surface area contributed by atoms with Gasteiger partial charge in [0.1, 0.15) is 37.4 Å². The van der Waals surface area contributed by atoms with Crippen molar-refractivity contribution in [2.45, 2.75) is 162 Å². The normalized spacial score (nSPS) is 31.7. The highest BCUT2D eigenvalue weighted by Crippen LogP contribution is 2.54. The molecule has 0 radical (unpaired) electrons. The smallest absolute Gasteiger partial charge is 0.246 e. The van der Waals surface area contributed by atoms with Crippen LogP contribution in [0.3, 0.4) is 0 Å². The highest BCUT2D eigenvalue weighted by Gasteiger charge is 2.58. The van der Waals surface area contributed by atoms with Crippen LogP contribution in [0.1, 0.15) is 101 Å². The van der Waals surface area contributed by atoms with Crippen molar-refractivity contribution in [3.8, 4) is 23.7 Å². The molecule has 4 saturated heterocycles. The van der Waals surface area contributed by atoms with Gasteiger partial charge in [-0.1, -0.05) is 88.1 Å². The number of hydrogen-bond acceptors (Lipinski definition) is 12. The Morgan fingerprint density at radius 2 is 1.04 bits per heavy atom. The summed E-state index contributed by atoms with van der Waals surface area (Å²) in [5.41, 5.74) is 15.4. The van der Waals surface area contributed by atoms with Gasteiger partial charge >= 0.3 is 0 Å². The lowest BCUT2D eigenvalue weighted by Crippen LogP contribution is -2.57. The molecular weight excluding hydrogens is 953 g/mol. The molecule has 8 rings (SSSR count). The van der Waals surface area contributed by atoms with E-state index in [0.717, 1.165) is 22.3 Å². The summed E-state index contributed by atoms with van der Waals surface area (Å²) < 4.78 is 13.2. The minimum atomic E-state index is -0.876. The fourth-order valence-electron chi connectivity index (χ4n) is 12.2. The van der Waals surface area contributed by atoms with E-state index in [1.807, 2.05) is 52.0 Å². The summed E-state index contributed by atoms with van der Waals surface area (Å²) in [7, 11) is 3.38. The third-order valence-electron chi connectivity index (χ3n) is 15.8. The first-order valence-corrected chi connectivity index (χ1v) is 27.0. The molecule has 386 valence electrons. The molecule has 0 bridgehead atoms. The summed E-state index contributed by atoms with van der Waals surface area (Å²) in [4.78, 5) is 84.7. The maximum absolute atomic E-state index is 14.4. The maximum atomic E-state index is 14.4. The molecule has 8 unspecified atom stereocenters. The monoisotopic (exact) mass is 1020 g/mol. The average molecular weight is 1020 g/mol. The van der Waals surface area contributed by atoms with E-state index in [1.54, 1.807) is 61.3 Å². The van der Waals surface area contributed by atoms with Gasteiger partial charge in [0.15, 0.2) is 0 Å². The molecule has 16 nitrogen and oxygen atoms in total. The van der Waals surface area contributed by atoms with Gasteiger partial charge in [-0.25, -0.2) is 0 Å². The third kappa shape index (κ3) is 10.6. The van der Waals surface area contributed by atoms with Crippen molar-refractivity contribution < 1.29 is 38.2 Å². The molecule has 2 aliphatic carbocycles. The van der Waals surface area contributed by atoms with Crippen molar-refractivity contribution >= 4 is 59.0 Å². The number of thioether (sulfide) groups is 2. The van der Waals surface area contributed by atoms with Crippen molar-refractivity contribution in [2.24, 2.45) is 22.3 Å². The number of ether oxygens (including phenoxy) is 2. The first kappa shape index (κ1) is 53.2. The Balaban J connectivity index is 0.968. The van der Waals surface area contributed by atoms with Gasteiger partial charge in [-0.2, -0.15) is 0 Å². The molecule has 4 heterocycles. The lowest BCUT2D eigenvalue weighted by Gasteiger charge is -2.32. The minimum Gasteiger partial charge on any atom is -0.368 e. The number of nitrogens with zero attached hydrogens (tertiary/aromatic N) is 2. The Morgan fingerprint density at radius 1 is 0.667 bits per heavy atom. The quantitative estimate of drug-likeness (QED) is 0.150. The number of carbonyl (C=O) groups is 6. The number of hydrogen-bond donors (Lipinski definition) is 6. The highest BCUT2D eigenvalue weighted by molar-refractivity contribution is 8.00. The number of rotatable bonds is 14. The summed E-state index contributed by atoms with van der Waals surface area (Å²) in [6.07, 6.45) is 2.55. The molecule has 72 heavy (non-hydrogen) atoms. The van der Waals surface area contributed by atoms with Crippen LogP contribution in [-0.2, 0) is 51.1 Å². The van der Waals surface area contributed by atoms with E-state index in [9.17, 15) is 28.8 Å². The molecule has 0 saturated carbocycles. The fraction of sp³-hybridized carbons (Fsp3) is 0.593. The number of carbonyl (C=O) groups excluding carboxylic acids is 6. The van der Waals surface area contributed by atoms with Crippen molar-refractivity contribution in [3.63, 3.8) is 0 Å². The summed E-state index contributed by atoms with van der Waals surface area (Å²) in [5, 5.41) is 11.0. The number of amides is 6. The van der Waals surface area contributed by atoms with E-state index in [1.165, 1.54) is 0 Å². The van der Waals surface area contributed by atoms with Gasteiger partial charge < -0.3 is 52.0 Å². The van der Waals surface area contributed by atoms with Crippen LogP contribution in [0.25, 0.3) is 0 Å². The van der Waals surface area contributed by atoms with Crippen LogP contribution in [0.2, 0.25) is 0 Å². The first-order chi connectivity index (χ1) is 34.3. The second-order valence-corrected chi connectivity index (χ2v) is 24.4. The van der Waals surface area contributed by atoms with Gasteiger partial charge in [-0.05, 0) is 111 Å². The summed E-state index contributed by atoms with van der Waals surface area (Å²) in [6.45, 7) is 11.5. The minimum absolute atomic E-state index is 0.112. The van der Waals surface area contributed by atoms with Gasteiger partial charge in [0.05, 0.1) is 35.0 Å². The molecule has 0 aromatic heterocycles. The standard InChI is InChI=1S/C54H70N8O8S2/c1-29(57-7)49(65)59-35-25-39(71-41-27-53(3,4)45(47(55)63)61(41)51(35)67)43-33-19-13-11-17-31(33)23-37(43)69-21-15-9-10-16-22-70-38-24-32-18-12-14-20-34(32)44(38)40-26-36(60-50(66)30(2)58-8)52(68)62-42(72-40)28-54(5,6)46(62)48(56)64/h11-14,17-20,29-30,35-46,57-58H,21-28H2,1-8H3,(H2,55,63)(H2,56,64)(H,59,65)(H,60,66)/t29-,30-,35?,36?,37+,38+,39?,40?,41?,42?,43-,44-,45?,46?/m0/s1. The number of nitrogens with one attached hydrogen (secondary N) is 4. The molecular formula is C54H70N8O8S2. The van der Waals surface area contributed by atoms with E-state index in [0.29, 0.717) is 38.5 Å². The Bertz CT molecular complexity index is 2400. The van der Waals surface area contributed by atoms with Crippen LogP contribution in [0, 0.1) is 34.5 Å². The number of likely N-dealkylation sites (N-methyl/N-ethyl adjacent to an activating group) is 2. The predicted octanol–water partition coefficient (Wildman–Crippen LogP) is 2.52. The van der Waals surface area contributed by atoms with Crippen LogP contribution in [0.4, 0.5) is 0 Å². The van der Waals surface area contributed by atoms with Gasteiger partial charge in [0.2, 0.25) is 35.4 Å². The third-order valence-corrected chi connectivity index (χ3v) is 18.9. The molecule has 0 spiro atoms. The maximum Gasteiger partial charge on any atom is 0.246 e. The van der Waals surface area contributed by atoms with Gasteiger partial charge in [-0.3, -0.25) is 28.8 Å². The summed E-state index contributed by atoms with van der Waals surface area (Å²) in [6, 6.07) is 12.0. The first-order valence-electron chi connectivity index (χ1n) is 25.1. The van der Waals surface area contributed by atoms with Crippen LogP contribution >= 0.6 is 23.5 Å². The van der Waals surface area contributed by atoms with E-state index in [4.69, 9.17) is 20.9 Å². The SMILES string of the molecule is CN[C@@H](C)C(=O)NC1CC([C@H]2c3ccccc3C[C@H]2OCC#CC#CCO[C@@H]2Cc3ccccc3[C@@H]2C2CC(NC(=O)[C@H](C)NC)C(=O)N3C(CC(C)(C)C3C(N)=O)S2)SC2CC(C)(C)C(C(N)=O)N2C1=O. The Labute approximate surface area is 432 Å². The van der Waals surface area contributed by atoms with E-state index < -0.39 is 58.9 Å². The topological polar surface area (TPSA) is 228 Å². The van der Waals surface area contributed by atoms with Crippen LogP contribution in [-0.4, -0.2) is 142 Å². The van der Waals surface area contributed by atoms with Crippen molar-refractivity contribution in [2.75, 3.05) is 27.3 Å². The number of benzene rings is 2. The average Bonchev–Trinajstić information content (AvgIpc) is 4.01. The highest BCUT2D eigenvalue weighted by atomic mass is 32.2. The number of fused-ring (bicyclic) bond motifs is 4. The lowest BCUT2D eigenvalue weighted by atomic mass is 9.84. The zero-order chi connectivity index (χ0) is 51.8. The molecule has 4 fully saturated rings. The van der Waals surface area contributed by atoms with Gasteiger partial charge in [-0.15, -0.1) is 23.5 Å². The van der Waals surface area contributed by atoms with E-state index in [2.05, 4.69) is 69.2 Å². The molecule has 2 aromatic carbocycles. The predicted molar refractivity (Wildman–Crippen MR) is 278 cm³/mol. The largest absolute Gasteiger partial charge is 0.368 e. The number of primary amides is 2. The second-order valence-electron chi connectivity index (χ2n) is 21.5. The van der Waals surface area contributed by atoms with Crippen LogP contribution < -0.4 is 32.7 Å². The molecule has 8 N–H and O–H groups in total. The summed E-state index contributed by atoms with van der Waals surface area (Å²) >= 11 is 3.32. The zero-order valence-corrected chi connectivity index (χ0v) is 44.1. The van der Waals surface area contributed by atoms with Crippen molar-refractivity contribution in [3.05, 3.63) is 70.8 Å². The van der Waals surface area contributed by atoms with Crippen LogP contribution in [0.15, 0.2) is 48.5 Å². The Morgan fingerprint density at radius 3 is 1.40 bits per heavy atom. The van der Waals surface area contributed by atoms with Crippen molar-refractivity contribution in [1.82, 2.24) is 31.1 Å². The summed E-state index contributed by atoms with van der Waals surface area (Å²) in [5.74, 6) is 9.47. The van der Waals surface area contributed by atoms with Gasteiger partial charge in [0, 0.05) is 22.3 Å². The molecule has 2 aromatic rings. The lowest BCUT2D eigenvalue weighted by molar-refractivity contribution is -0.142. The molecule has 18 heteroatoms. The zero-order valence-electron chi connectivity index (χ0n) is 42.5. The second kappa shape index (κ2) is 21.8. The van der Waals surface area contributed by atoms with Crippen LogP contribution in [0.5, 0.6) is 0 Å². The van der Waals surface area contributed by atoms with Crippen molar-refractivity contribution in [1.29, 1.82) is 0 Å². The van der Waals surface area contributed by atoms with E-state index in [-0.39, 0.29) is 82.1 Å². The number of nitrogens with two attached hydrogens (primary N) is 2.